The first kappa shape index (κ1) is 17.0. The van der Waals surface area contributed by atoms with Gasteiger partial charge in [-0.3, -0.25) is 10.1 Å². The van der Waals surface area contributed by atoms with Gasteiger partial charge < -0.3 is 10.1 Å². The smallest absolute Gasteiger partial charge is 0.321 e. The Balaban J connectivity index is 2.41. The van der Waals surface area contributed by atoms with E-state index < -0.39 is 11.9 Å². The van der Waals surface area contributed by atoms with Crippen LogP contribution in [0.25, 0.3) is 0 Å². The lowest BCUT2D eigenvalue weighted by atomic mass is 10.3. The second-order valence-electron chi connectivity index (χ2n) is 4.19. The number of amides is 3. The largest absolute Gasteiger partial charge is 0.483 e. The van der Waals surface area contributed by atoms with Crippen LogP contribution in [0.2, 0.25) is 0 Å². The first-order chi connectivity index (χ1) is 9.42. The minimum atomic E-state index is -0.511. The molecule has 110 valence electrons. The van der Waals surface area contributed by atoms with E-state index in [4.69, 9.17) is 4.74 Å². The van der Waals surface area contributed by atoms with Crippen LogP contribution in [0.15, 0.2) is 27.1 Å². The molecule has 0 aromatic heterocycles. The van der Waals surface area contributed by atoms with Crippen LogP contribution in [-0.4, -0.2) is 24.6 Å². The van der Waals surface area contributed by atoms with E-state index in [1.165, 1.54) is 0 Å². The lowest BCUT2D eigenvalue weighted by Crippen LogP contribution is -2.44. The lowest BCUT2D eigenvalue weighted by Gasteiger charge is -2.12. The number of benzene rings is 1. The Kier molecular flexibility index (Phi) is 7.01. The average molecular weight is 408 g/mol. The van der Waals surface area contributed by atoms with Crippen molar-refractivity contribution < 1.29 is 14.3 Å². The second kappa shape index (κ2) is 8.26. The predicted molar refractivity (Wildman–Crippen MR) is 83.8 cm³/mol. The van der Waals surface area contributed by atoms with Gasteiger partial charge in [-0.05, 0) is 47.5 Å². The van der Waals surface area contributed by atoms with Crippen LogP contribution in [0.5, 0.6) is 5.75 Å². The number of hydrogen-bond acceptors (Lipinski definition) is 3. The number of imide groups is 1. The Labute approximate surface area is 134 Å². The molecule has 0 saturated carbocycles. The molecule has 20 heavy (non-hydrogen) atoms. The molecule has 0 bridgehead atoms. The molecular weight excluding hydrogens is 392 g/mol. The molecule has 0 spiro atoms. The molecule has 0 radical (unpaired) electrons. The minimum absolute atomic E-state index is 0.0179. The quantitative estimate of drug-likeness (QED) is 0.787. The Morgan fingerprint density at radius 3 is 2.65 bits per heavy atom. The van der Waals surface area contributed by atoms with Crippen molar-refractivity contribution in [2.24, 2.45) is 0 Å². The maximum Gasteiger partial charge on any atom is 0.321 e. The molecule has 7 heteroatoms. The summed E-state index contributed by atoms with van der Waals surface area (Å²) in [6.45, 7) is 3.58. The third-order valence-corrected chi connectivity index (χ3v) is 3.61. The van der Waals surface area contributed by atoms with Crippen LogP contribution < -0.4 is 15.4 Å². The van der Waals surface area contributed by atoms with Crippen molar-refractivity contribution in [1.82, 2.24) is 10.6 Å². The molecule has 1 atom stereocenters. The molecule has 1 aromatic carbocycles. The van der Waals surface area contributed by atoms with Crippen molar-refractivity contribution in [3.8, 4) is 5.75 Å². The molecule has 0 fully saturated rings. The highest BCUT2D eigenvalue weighted by Crippen LogP contribution is 2.27. The molecule has 0 saturated heterocycles. The van der Waals surface area contributed by atoms with Gasteiger partial charge in [0.25, 0.3) is 5.91 Å². The van der Waals surface area contributed by atoms with Gasteiger partial charge in [0, 0.05) is 10.5 Å². The molecular formula is C13H16Br2N2O3. The third kappa shape index (κ3) is 5.92. The maximum absolute atomic E-state index is 11.6. The zero-order valence-corrected chi connectivity index (χ0v) is 14.4. The van der Waals surface area contributed by atoms with Crippen molar-refractivity contribution in [1.29, 1.82) is 0 Å². The molecule has 1 aromatic rings. The number of carbonyl (C=O) groups is 2. The monoisotopic (exact) mass is 406 g/mol. The Morgan fingerprint density at radius 1 is 1.35 bits per heavy atom. The molecule has 0 heterocycles. The fourth-order valence-corrected chi connectivity index (χ4v) is 2.42. The van der Waals surface area contributed by atoms with E-state index in [-0.39, 0.29) is 12.6 Å². The predicted octanol–water partition coefficient (Wildman–Crippen LogP) is 3.21. The highest BCUT2D eigenvalue weighted by Gasteiger charge is 2.11. The SMILES string of the molecule is CC[C@@H](C)NC(=O)NC(=O)COc1ccc(Br)cc1Br. The second-order valence-corrected chi connectivity index (χ2v) is 5.96. The number of nitrogens with one attached hydrogen (secondary N) is 2. The number of hydrogen-bond donors (Lipinski definition) is 2. The van der Waals surface area contributed by atoms with Crippen LogP contribution >= 0.6 is 31.9 Å². The summed E-state index contributed by atoms with van der Waals surface area (Å²) in [4.78, 5) is 23.0. The highest BCUT2D eigenvalue weighted by molar-refractivity contribution is 9.11. The fourth-order valence-electron chi connectivity index (χ4n) is 1.26. The van der Waals surface area contributed by atoms with Gasteiger partial charge in [0.15, 0.2) is 6.61 Å². The van der Waals surface area contributed by atoms with Crippen LogP contribution in [0.3, 0.4) is 0 Å². The molecule has 1 rings (SSSR count). The summed E-state index contributed by atoms with van der Waals surface area (Å²) in [5.41, 5.74) is 0. The van der Waals surface area contributed by atoms with E-state index in [0.29, 0.717) is 5.75 Å². The number of carbonyl (C=O) groups excluding carboxylic acids is 2. The van der Waals surface area contributed by atoms with E-state index >= 15 is 0 Å². The molecule has 0 aliphatic heterocycles. The molecule has 2 N–H and O–H groups in total. The lowest BCUT2D eigenvalue weighted by molar-refractivity contribution is -0.122. The molecule has 3 amide bonds. The van der Waals surface area contributed by atoms with Crippen molar-refractivity contribution in [2.45, 2.75) is 26.3 Å². The topological polar surface area (TPSA) is 67.4 Å². The van der Waals surface area contributed by atoms with Gasteiger partial charge in [-0.25, -0.2) is 4.79 Å². The van der Waals surface area contributed by atoms with Gasteiger partial charge in [0.2, 0.25) is 0 Å². The number of rotatable bonds is 5. The van der Waals surface area contributed by atoms with Gasteiger partial charge in [0.05, 0.1) is 4.47 Å². The summed E-state index contributed by atoms with van der Waals surface area (Å²) in [6, 6.07) is 4.84. The molecule has 5 nitrogen and oxygen atoms in total. The summed E-state index contributed by atoms with van der Waals surface area (Å²) in [5, 5.41) is 4.84. The standard InChI is InChI=1S/C13H16Br2N2O3/c1-3-8(2)16-13(19)17-12(18)7-20-11-5-4-9(14)6-10(11)15/h4-6,8H,3,7H2,1-2H3,(H2,16,17,18,19)/t8-/m1/s1. The van der Waals surface area contributed by atoms with Gasteiger partial charge in [-0.2, -0.15) is 0 Å². The van der Waals surface area contributed by atoms with Gasteiger partial charge in [-0.15, -0.1) is 0 Å². The first-order valence-electron chi connectivity index (χ1n) is 6.10. The number of halogens is 2. The van der Waals surface area contributed by atoms with Gasteiger partial charge in [-0.1, -0.05) is 22.9 Å². The zero-order valence-electron chi connectivity index (χ0n) is 11.2. The zero-order chi connectivity index (χ0) is 15.1. The van der Waals surface area contributed by atoms with E-state index in [2.05, 4.69) is 42.5 Å². The molecule has 0 aliphatic carbocycles. The van der Waals surface area contributed by atoms with E-state index in [9.17, 15) is 9.59 Å². The highest BCUT2D eigenvalue weighted by atomic mass is 79.9. The van der Waals surface area contributed by atoms with Crippen LogP contribution in [0, 0.1) is 0 Å². The molecule has 0 aliphatic rings. The summed E-state index contributed by atoms with van der Waals surface area (Å²) < 4.78 is 6.95. The molecule has 0 unspecified atom stereocenters. The summed E-state index contributed by atoms with van der Waals surface area (Å²) in [7, 11) is 0. The number of ether oxygens (including phenoxy) is 1. The van der Waals surface area contributed by atoms with Crippen LogP contribution in [0.1, 0.15) is 20.3 Å². The minimum Gasteiger partial charge on any atom is -0.483 e. The van der Waals surface area contributed by atoms with Gasteiger partial charge >= 0.3 is 6.03 Å². The average Bonchev–Trinajstić information content (AvgIpc) is 2.37. The van der Waals surface area contributed by atoms with E-state index in [1.54, 1.807) is 12.1 Å². The van der Waals surface area contributed by atoms with Crippen molar-refractivity contribution in [3.05, 3.63) is 27.1 Å². The van der Waals surface area contributed by atoms with E-state index in [1.807, 2.05) is 19.9 Å². The van der Waals surface area contributed by atoms with Crippen molar-refractivity contribution >= 4 is 43.8 Å². The van der Waals surface area contributed by atoms with Crippen molar-refractivity contribution in [2.75, 3.05) is 6.61 Å². The van der Waals surface area contributed by atoms with Crippen LogP contribution in [-0.2, 0) is 4.79 Å². The van der Waals surface area contributed by atoms with Crippen LogP contribution in [0.4, 0.5) is 4.79 Å². The normalized spacial score (nSPS) is 11.6. The number of urea groups is 1. The summed E-state index contributed by atoms with van der Waals surface area (Å²) in [5.74, 6) is 0.0336. The Morgan fingerprint density at radius 2 is 2.05 bits per heavy atom. The fraction of sp³-hybridized carbons (Fsp3) is 0.385. The summed E-state index contributed by atoms with van der Waals surface area (Å²) in [6.07, 6.45) is 0.796. The van der Waals surface area contributed by atoms with Crippen molar-refractivity contribution in [3.63, 3.8) is 0 Å². The Bertz CT molecular complexity index is 495. The first-order valence-corrected chi connectivity index (χ1v) is 7.69. The maximum atomic E-state index is 11.6. The van der Waals surface area contributed by atoms with Gasteiger partial charge in [0.1, 0.15) is 5.75 Å². The third-order valence-electron chi connectivity index (χ3n) is 2.50. The van der Waals surface area contributed by atoms with E-state index in [0.717, 1.165) is 15.4 Å². The summed E-state index contributed by atoms with van der Waals surface area (Å²) >= 11 is 6.65. The Hall–Kier alpha value is -1.08.